The maximum absolute atomic E-state index is 3.80. The molecule has 0 radical (unpaired) electrons. The molecule has 0 amide bonds. The summed E-state index contributed by atoms with van der Waals surface area (Å²) in [4.78, 5) is 0. The summed E-state index contributed by atoms with van der Waals surface area (Å²) in [6.45, 7) is 6.03. The largest absolute Gasteiger partial charge is 0.307 e. The number of fused-ring (bicyclic) bond motifs is 1. The number of nitrogens with one attached hydrogen (secondary N) is 1. The van der Waals surface area contributed by atoms with Gasteiger partial charge in [-0.2, -0.15) is 0 Å². The number of hydrogen-bond acceptors (Lipinski definition) is 1. The van der Waals surface area contributed by atoms with E-state index in [4.69, 9.17) is 0 Å². The Morgan fingerprint density at radius 3 is 3.07 bits per heavy atom. The van der Waals surface area contributed by atoms with Gasteiger partial charge in [-0.05, 0) is 30.9 Å². The molecular weight excluding hydrogens is 170 g/mol. The van der Waals surface area contributed by atoms with Crippen molar-refractivity contribution in [1.29, 1.82) is 0 Å². The summed E-state index contributed by atoms with van der Waals surface area (Å²) in [6, 6.07) is 9.74. The summed E-state index contributed by atoms with van der Waals surface area (Å²) in [5.41, 5.74) is 2.94. The molecule has 1 N–H and O–H groups in total. The van der Waals surface area contributed by atoms with Crippen molar-refractivity contribution < 1.29 is 0 Å². The van der Waals surface area contributed by atoms with Crippen molar-refractivity contribution in [3.05, 3.63) is 48.0 Å². The molecule has 74 valence electrons. The Labute approximate surface area is 85.8 Å². The average Bonchev–Trinajstić information content (AvgIpc) is 2.18. The van der Waals surface area contributed by atoms with Crippen LogP contribution in [0.4, 0.5) is 0 Å². The molecule has 1 aliphatic heterocycles. The predicted molar refractivity (Wildman–Crippen MR) is 60.3 cm³/mol. The van der Waals surface area contributed by atoms with E-state index in [-0.39, 0.29) is 0 Å². The lowest BCUT2D eigenvalue weighted by Gasteiger charge is -2.30. The molecule has 0 spiro atoms. The molecule has 2 atom stereocenters. The zero-order chi connectivity index (χ0) is 9.97. The maximum Gasteiger partial charge on any atom is 0.0297 e. The minimum Gasteiger partial charge on any atom is -0.307 e. The summed E-state index contributed by atoms with van der Waals surface area (Å²) in [5, 5.41) is 3.60. The van der Waals surface area contributed by atoms with Crippen molar-refractivity contribution in [2.45, 2.75) is 31.8 Å². The molecule has 0 aliphatic carbocycles. The van der Waals surface area contributed by atoms with Crippen LogP contribution in [0.5, 0.6) is 0 Å². The lowest BCUT2D eigenvalue weighted by Crippen LogP contribution is -2.37. The zero-order valence-corrected chi connectivity index (χ0v) is 8.66. The summed E-state index contributed by atoms with van der Waals surface area (Å²) in [7, 11) is 0. The minimum absolute atomic E-state index is 0.477. The van der Waals surface area contributed by atoms with E-state index in [0.29, 0.717) is 12.1 Å². The van der Waals surface area contributed by atoms with Gasteiger partial charge in [0.1, 0.15) is 0 Å². The Bertz CT molecular complexity index is 330. The fourth-order valence-corrected chi connectivity index (χ4v) is 2.26. The average molecular weight is 187 g/mol. The van der Waals surface area contributed by atoms with Crippen molar-refractivity contribution in [2.24, 2.45) is 0 Å². The van der Waals surface area contributed by atoms with Crippen molar-refractivity contribution >= 4 is 0 Å². The Hall–Kier alpha value is -1.08. The smallest absolute Gasteiger partial charge is 0.0297 e. The summed E-state index contributed by atoms with van der Waals surface area (Å²) < 4.78 is 0. The van der Waals surface area contributed by atoms with Crippen LogP contribution >= 0.6 is 0 Å². The first-order chi connectivity index (χ1) is 6.81. The van der Waals surface area contributed by atoms with Crippen LogP contribution in [0.25, 0.3) is 0 Å². The van der Waals surface area contributed by atoms with Crippen LogP contribution in [0, 0.1) is 0 Å². The number of hydrogen-bond donors (Lipinski definition) is 1. The van der Waals surface area contributed by atoms with Crippen molar-refractivity contribution in [3.63, 3.8) is 0 Å². The van der Waals surface area contributed by atoms with Crippen LogP contribution in [-0.4, -0.2) is 6.04 Å². The van der Waals surface area contributed by atoms with Gasteiger partial charge in [0.15, 0.2) is 0 Å². The SMILES string of the molecule is C=CC[C@@H]1Cc2ccccc2[C@@H](C)N1. The quantitative estimate of drug-likeness (QED) is 0.702. The van der Waals surface area contributed by atoms with Gasteiger partial charge < -0.3 is 5.32 Å². The monoisotopic (exact) mass is 187 g/mol. The highest BCUT2D eigenvalue weighted by Gasteiger charge is 2.21. The van der Waals surface area contributed by atoms with Gasteiger partial charge in [0.05, 0.1) is 0 Å². The van der Waals surface area contributed by atoms with Crippen molar-refractivity contribution in [3.8, 4) is 0 Å². The van der Waals surface area contributed by atoms with Crippen molar-refractivity contribution in [1.82, 2.24) is 5.32 Å². The molecular formula is C13H17N. The third kappa shape index (κ3) is 1.73. The maximum atomic E-state index is 3.80. The van der Waals surface area contributed by atoms with E-state index in [1.807, 2.05) is 6.08 Å². The fourth-order valence-electron chi connectivity index (χ4n) is 2.26. The standard InChI is InChI=1S/C13H17N/c1-3-6-12-9-11-7-4-5-8-13(11)10(2)14-12/h3-5,7-8,10,12,14H,1,6,9H2,2H3/t10-,12-/m1/s1. The molecule has 0 aromatic heterocycles. The second kappa shape index (κ2) is 3.97. The van der Waals surface area contributed by atoms with E-state index in [9.17, 15) is 0 Å². The first kappa shape index (κ1) is 9.47. The van der Waals surface area contributed by atoms with Gasteiger partial charge in [0, 0.05) is 12.1 Å². The summed E-state index contributed by atoms with van der Waals surface area (Å²) in [5.74, 6) is 0. The Balaban J connectivity index is 2.24. The number of benzene rings is 1. The lowest BCUT2D eigenvalue weighted by molar-refractivity contribution is 0.424. The molecule has 1 aliphatic rings. The second-order valence-electron chi connectivity index (χ2n) is 4.01. The first-order valence-corrected chi connectivity index (χ1v) is 5.26. The lowest BCUT2D eigenvalue weighted by atomic mass is 9.90. The Morgan fingerprint density at radius 2 is 2.29 bits per heavy atom. The normalized spacial score (nSPS) is 25.5. The van der Waals surface area contributed by atoms with E-state index in [1.54, 1.807) is 0 Å². The second-order valence-corrected chi connectivity index (χ2v) is 4.01. The molecule has 0 saturated heterocycles. The highest BCUT2D eigenvalue weighted by molar-refractivity contribution is 5.32. The van der Waals surface area contributed by atoms with Crippen LogP contribution in [0.2, 0.25) is 0 Å². The molecule has 2 rings (SSSR count). The molecule has 0 unspecified atom stereocenters. The van der Waals surface area contributed by atoms with Crippen LogP contribution in [0.3, 0.4) is 0 Å². The van der Waals surface area contributed by atoms with Crippen molar-refractivity contribution in [2.75, 3.05) is 0 Å². The molecule has 0 bridgehead atoms. The molecule has 0 fully saturated rings. The van der Waals surface area contributed by atoms with Gasteiger partial charge in [-0.25, -0.2) is 0 Å². The molecule has 1 aromatic rings. The zero-order valence-electron chi connectivity index (χ0n) is 8.66. The van der Waals surface area contributed by atoms with Gasteiger partial charge in [-0.3, -0.25) is 0 Å². The first-order valence-electron chi connectivity index (χ1n) is 5.26. The van der Waals surface area contributed by atoms with Gasteiger partial charge in [-0.1, -0.05) is 30.3 Å². The fraction of sp³-hybridized carbons (Fsp3) is 0.385. The van der Waals surface area contributed by atoms with Gasteiger partial charge in [0.25, 0.3) is 0 Å². The van der Waals surface area contributed by atoms with Crippen LogP contribution < -0.4 is 5.32 Å². The van der Waals surface area contributed by atoms with E-state index in [1.165, 1.54) is 11.1 Å². The van der Waals surface area contributed by atoms with E-state index >= 15 is 0 Å². The molecule has 0 saturated carbocycles. The molecule has 1 heteroatoms. The molecule has 1 aromatic carbocycles. The van der Waals surface area contributed by atoms with Gasteiger partial charge in [-0.15, -0.1) is 6.58 Å². The van der Waals surface area contributed by atoms with Crippen LogP contribution in [-0.2, 0) is 6.42 Å². The summed E-state index contributed by atoms with van der Waals surface area (Å²) >= 11 is 0. The number of rotatable bonds is 2. The van der Waals surface area contributed by atoms with E-state index < -0.39 is 0 Å². The summed E-state index contributed by atoms with van der Waals surface area (Å²) in [6.07, 6.45) is 4.18. The highest BCUT2D eigenvalue weighted by atomic mass is 15.0. The molecule has 1 heterocycles. The molecule has 1 nitrogen and oxygen atoms in total. The van der Waals surface area contributed by atoms with E-state index in [0.717, 1.165) is 12.8 Å². The highest BCUT2D eigenvalue weighted by Crippen LogP contribution is 2.25. The van der Waals surface area contributed by atoms with Crippen LogP contribution in [0.1, 0.15) is 30.5 Å². The molecule has 14 heavy (non-hydrogen) atoms. The minimum atomic E-state index is 0.477. The third-order valence-corrected chi connectivity index (χ3v) is 2.92. The van der Waals surface area contributed by atoms with Gasteiger partial charge in [0.2, 0.25) is 0 Å². The van der Waals surface area contributed by atoms with Gasteiger partial charge >= 0.3 is 0 Å². The topological polar surface area (TPSA) is 12.0 Å². The van der Waals surface area contributed by atoms with Crippen LogP contribution in [0.15, 0.2) is 36.9 Å². The van der Waals surface area contributed by atoms with E-state index in [2.05, 4.69) is 43.1 Å². The Kier molecular flexibility index (Phi) is 2.69. The predicted octanol–water partition coefficient (Wildman–Crippen LogP) is 2.84. The Morgan fingerprint density at radius 1 is 1.50 bits per heavy atom. The third-order valence-electron chi connectivity index (χ3n) is 2.92.